The maximum atomic E-state index is 8.91. The van der Waals surface area contributed by atoms with Crippen molar-refractivity contribution >= 4 is 17.5 Å². The summed E-state index contributed by atoms with van der Waals surface area (Å²) in [6.45, 7) is 3.19. The summed E-state index contributed by atoms with van der Waals surface area (Å²) in [5.74, 6) is 1.23. The van der Waals surface area contributed by atoms with Crippen LogP contribution in [-0.4, -0.2) is 30.2 Å². The molecule has 2 aromatic rings. The first-order valence-corrected chi connectivity index (χ1v) is 6.57. The molecule has 0 aliphatic rings. The summed E-state index contributed by atoms with van der Waals surface area (Å²) in [5, 5.41) is 15.2. The lowest BCUT2D eigenvalue weighted by Gasteiger charge is -2.09. The predicted molar refractivity (Wildman–Crippen MR) is 81.6 cm³/mol. The fourth-order valence-electron chi connectivity index (χ4n) is 1.79. The SMILES string of the molecule is COCCNc1cc(C)nc(Nc2cccc(C#N)c2)n1. The van der Waals surface area contributed by atoms with Crippen LogP contribution in [-0.2, 0) is 4.74 Å². The molecule has 0 atom stereocenters. The van der Waals surface area contributed by atoms with Crippen LogP contribution in [0.1, 0.15) is 11.3 Å². The monoisotopic (exact) mass is 283 g/mol. The van der Waals surface area contributed by atoms with Crippen molar-refractivity contribution < 1.29 is 4.74 Å². The van der Waals surface area contributed by atoms with Crippen molar-refractivity contribution in [1.82, 2.24) is 9.97 Å². The van der Waals surface area contributed by atoms with Gasteiger partial charge in [-0.3, -0.25) is 0 Å². The van der Waals surface area contributed by atoms with Crippen LogP contribution in [0.4, 0.5) is 17.5 Å². The Bertz CT molecular complexity index is 651. The van der Waals surface area contributed by atoms with Crippen molar-refractivity contribution in [2.24, 2.45) is 0 Å². The number of methoxy groups -OCH3 is 1. The van der Waals surface area contributed by atoms with Gasteiger partial charge in [-0.25, -0.2) is 4.98 Å². The van der Waals surface area contributed by atoms with Gasteiger partial charge in [0.15, 0.2) is 0 Å². The molecule has 0 saturated carbocycles. The Morgan fingerprint density at radius 1 is 1.29 bits per heavy atom. The number of aryl methyl sites for hydroxylation is 1. The second kappa shape index (κ2) is 7.22. The van der Waals surface area contributed by atoms with Crippen molar-refractivity contribution in [2.45, 2.75) is 6.92 Å². The van der Waals surface area contributed by atoms with Crippen molar-refractivity contribution in [1.29, 1.82) is 5.26 Å². The average molecular weight is 283 g/mol. The molecule has 0 amide bonds. The minimum Gasteiger partial charge on any atom is -0.383 e. The molecule has 1 aromatic heterocycles. The maximum Gasteiger partial charge on any atom is 0.229 e. The highest BCUT2D eigenvalue weighted by Gasteiger charge is 2.03. The molecule has 1 heterocycles. The molecule has 0 radical (unpaired) electrons. The minimum absolute atomic E-state index is 0.491. The smallest absolute Gasteiger partial charge is 0.229 e. The van der Waals surface area contributed by atoms with Gasteiger partial charge in [-0.1, -0.05) is 6.07 Å². The summed E-state index contributed by atoms with van der Waals surface area (Å²) < 4.78 is 4.99. The third-order valence-corrected chi connectivity index (χ3v) is 2.71. The van der Waals surface area contributed by atoms with Crippen LogP contribution in [0.3, 0.4) is 0 Å². The van der Waals surface area contributed by atoms with Gasteiger partial charge in [0.05, 0.1) is 18.2 Å². The Kier molecular flexibility index (Phi) is 5.07. The Balaban J connectivity index is 2.13. The molecular weight excluding hydrogens is 266 g/mol. The van der Waals surface area contributed by atoms with Crippen LogP contribution in [0.15, 0.2) is 30.3 Å². The Hall–Kier alpha value is -2.65. The Labute approximate surface area is 123 Å². The van der Waals surface area contributed by atoms with Crippen molar-refractivity contribution in [3.05, 3.63) is 41.6 Å². The average Bonchev–Trinajstić information content (AvgIpc) is 2.47. The highest BCUT2D eigenvalue weighted by Crippen LogP contribution is 2.16. The number of ether oxygens (including phenoxy) is 1. The summed E-state index contributed by atoms with van der Waals surface area (Å²) in [6.07, 6.45) is 0. The molecular formula is C15H17N5O. The highest BCUT2D eigenvalue weighted by atomic mass is 16.5. The van der Waals surface area contributed by atoms with Gasteiger partial charge >= 0.3 is 0 Å². The third kappa shape index (κ3) is 4.44. The second-order valence-corrected chi connectivity index (χ2v) is 4.46. The predicted octanol–water partition coefficient (Wildman–Crippen LogP) is 2.46. The van der Waals surface area contributed by atoms with E-state index in [1.54, 1.807) is 19.2 Å². The lowest BCUT2D eigenvalue weighted by Crippen LogP contribution is -2.10. The molecule has 0 aliphatic carbocycles. The first kappa shape index (κ1) is 14.8. The molecule has 0 aliphatic heterocycles. The molecule has 0 fully saturated rings. The number of nitrogens with zero attached hydrogens (tertiary/aromatic N) is 3. The number of nitriles is 1. The molecule has 1 aromatic carbocycles. The summed E-state index contributed by atoms with van der Waals surface area (Å²) in [6, 6.07) is 11.2. The van der Waals surface area contributed by atoms with Crippen LogP contribution in [0.25, 0.3) is 0 Å². The van der Waals surface area contributed by atoms with E-state index in [0.717, 1.165) is 17.2 Å². The molecule has 2 rings (SSSR count). The Morgan fingerprint density at radius 3 is 2.90 bits per heavy atom. The molecule has 0 spiro atoms. The van der Waals surface area contributed by atoms with E-state index in [9.17, 15) is 0 Å². The van der Waals surface area contributed by atoms with Crippen molar-refractivity contribution in [3.8, 4) is 6.07 Å². The number of aromatic nitrogens is 2. The third-order valence-electron chi connectivity index (χ3n) is 2.71. The van der Waals surface area contributed by atoms with Crippen LogP contribution in [0.5, 0.6) is 0 Å². The fraction of sp³-hybridized carbons (Fsp3) is 0.267. The molecule has 108 valence electrons. The van der Waals surface area contributed by atoms with E-state index in [1.165, 1.54) is 0 Å². The topological polar surface area (TPSA) is 82.9 Å². The molecule has 0 bridgehead atoms. The first-order valence-electron chi connectivity index (χ1n) is 6.57. The highest BCUT2D eigenvalue weighted by molar-refractivity contribution is 5.57. The van der Waals surface area contributed by atoms with Crippen molar-refractivity contribution in [3.63, 3.8) is 0 Å². The number of hydrogen-bond donors (Lipinski definition) is 2. The molecule has 6 heteroatoms. The minimum atomic E-state index is 0.491. The van der Waals surface area contributed by atoms with E-state index in [0.29, 0.717) is 24.7 Å². The van der Waals surface area contributed by atoms with Gasteiger partial charge in [-0.05, 0) is 25.1 Å². The number of hydrogen-bond acceptors (Lipinski definition) is 6. The molecule has 2 N–H and O–H groups in total. The molecule has 21 heavy (non-hydrogen) atoms. The van der Waals surface area contributed by atoms with Crippen LogP contribution >= 0.6 is 0 Å². The standard InChI is InChI=1S/C15H17N5O/c1-11-8-14(17-6-7-21-2)20-15(18-11)19-13-5-3-4-12(9-13)10-16/h3-5,8-9H,6-7H2,1-2H3,(H2,17,18,19,20). The quantitative estimate of drug-likeness (QED) is 0.792. The van der Waals surface area contributed by atoms with Gasteiger partial charge in [0.25, 0.3) is 0 Å². The van der Waals surface area contributed by atoms with E-state index >= 15 is 0 Å². The van der Waals surface area contributed by atoms with E-state index < -0.39 is 0 Å². The zero-order valence-electron chi connectivity index (χ0n) is 12.1. The van der Waals surface area contributed by atoms with Crippen LogP contribution in [0, 0.1) is 18.3 Å². The summed E-state index contributed by atoms with van der Waals surface area (Å²) in [4.78, 5) is 8.72. The summed E-state index contributed by atoms with van der Waals surface area (Å²) in [5.41, 5.74) is 2.22. The van der Waals surface area contributed by atoms with Crippen LogP contribution in [0.2, 0.25) is 0 Å². The van der Waals surface area contributed by atoms with Crippen molar-refractivity contribution in [2.75, 3.05) is 30.9 Å². The molecule has 0 unspecified atom stereocenters. The molecule has 0 saturated heterocycles. The van der Waals surface area contributed by atoms with E-state index in [-0.39, 0.29) is 0 Å². The maximum absolute atomic E-state index is 8.91. The van der Waals surface area contributed by atoms with Gasteiger partial charge < -0.3 is 15.4 Å². The van der Waals surface area contributed by atoms with Gasteiger partial charge in [-0.15, -0.1) is 0 Å². The second-order valence-electron chi connectivity index (χ2n) is 4.46. The van der Waals surface area contributed by atoms with Gasteiger partial charge in [0.1, 0.15) is 5.82 Å². The Morgan fingerprint density at radius 2 is 2.14 bits per heavy atom. The zero-order chi connectivity index (χ0) is 15.1. The van der Waals surface area contributed by atoms with Crippen LogP contribution < -0.4 is 10.6 Å². The van der Waals surface area contributed by atoms with Gasteiger partial charge in [-0.2, -0.15) is 10.2 Å². The number of rotatable bonds is 6. The number of benzene rings is 1. The lowest BCUT2D eigenvalue weighted by molar-refractivity contribution is 0.210. The number of nitrogens with one attached hydrogen (secondary N) is 2. The van der Waals surface area contributed by atoms with Gasteiger partial charge in [0.2, 0.25) is 5.95 Å². The summed E-state index contributed by atoms with van der Waals surface area (Å²) >= 11 is 0. The normalized spacial score (nSPS) is 9.95. The summed E-state index contributed by atoms with van der Waals surface area (Å²) in [7, 11) is 1.65. The van der Waals surface area contributed by atoms with Gasteiger partial charge in [0, 0.05) is 31.1 Å². The largest absolute Gasteiger partial charge is 0.383 e. The molecule has 6 nitrogen and oxygen atoms in total. The first-order chi connectivity index (χ1) is 10.2. The van der Waals surface area contributed by atoms with E-state index in [2.05, 4.69) is 26.7 Å². The number of anilines is 3. The fourth-order valence-corrected chi connectivity index (χ4v) is 1.79. The van der Waals surface area contributed by atoms with E-state index in [1.807, 2.05) is 25.1 Å². The van der Waals surface area contributed by atoms with E-state index in [4.69, 9.17) is 10.00 Å². The lowest BCUT2D eigenvalue weighted by atomic mass is 10.2. The zero-order valence-corrected chi connectivity index (χ0v) is 12.1.